The van der Waals surface area contributed by atoms with Gasteiger partial charge < -0.3 is 14.6 Å². The lowest BCUT2D eigenvalue weighted by molar-refractivity contribution is -0.165. The number of fused-ring (bicyclic) bond motifs is 1. The Morgan fingerprint density at radius 2 is 1.83 bits per heavy atom. The highest BCUT2D eigenvalue weighted by Crippen LogP contribution is 2.41. The van der Waals surface area contributed by atoms with E-state index in [0.717, 1.165) is 6.42 Å². The van der Waals surface area contributed by atoms with Crippen LogP contribution in [0.3, 0.4) is 0 Å². The summed E-state index contributed by atoms with van der Waals surface area (Å²) in [6.07, 6.45) is 0.447. The Morgan fingerprint density at radius 3 is 2.42 bits per heavy atom. The van der Waals surface area contributed by atoms with Gasteiger partial charge in [0.2, 0.25) is 0 Å². The molecule has 1 unspecified atom stereocenters. The first-order chi connectivity index (χ1) is 5.49. The fourth-order valence-electron chi connectivity index (χ4n) is 2.20. The topological polar surface area (TPSA) is 38.7 Å². The molecule has 12 heavy (non-hydrogen) atoms. The quantitative estimate of drug-likeness (QED) is 0.590. The first kappa shape index (κ1) is 8.48. The van der Waals surface area contributed by atoms with Crippen molar-refractivity contribution in [2.45, 2.75) is 51.3 Å². The van der Waals surface area contributed by atoms with Crippen LogP contribution in [0.25, 0.3) is 0 Å². The molecule has 3 heteroatoms. The molecule has 70 valence electrons. The van der Waals surface area contributed by atoms with E-state index in [1.165, 1.54) is 0 Å². The van der Waals surface area contributed by atoms with Gasteiger partial charge >= 0.3 is 0 Å². The summed E-state index contributed by atoms with van der Waals surface area (Å²) in [5.74, 6) is -0.0999. The zero-order valence-electron chi connectivity index (χ0n) is 7.78. The van der Waals surface area contributed by atoms with Crippen molar-refractivity contribution >= 4 is 0 Å². The lowest BCUT2D eigenvalue weighted by atomic mass is 10.1. The molecule has 1 aliphatic carbocycles. The van der Waals surface area contributed by atoms with Gasteiger partial charge in [0.15, 0.2) is 5.79 Å². The van der Waals surface area contributed by atoms with Crippen molar-refractivity contribution in [3.05, 3.63) is 0 Å². The molecule has 4 atom stereocenters. The summed E-state index contributed by atoms with van der Waals surface area (Å²) >= 11 is 0. The predicted molar refractivity (Wildman–Crippen MR) is 43.6 cm³/mol. The van der Waals surface area contributed by atoms with Gasteiger partial charge in [-0.2, -0.15) is 0 Å². The van der Waals surface area contributed by atoms with Crippen molar-refractivity contribution in [2.24, 2.45) is 5.92 Å². The molecule has 0 aromatic rings. The number of hydrogen-bond acceptors (Lipinski definition) is 3. The molecular weight excluding hydrogens is 156 g/mol. The molecule has 2 aliphatic rings. The zero-order chi connectivity index (χ0) is 8.93. The highest BCUT2D eigenvalue weighted by atomic mass is 16.8. The molecule has 0 amide bonds. The van der Waals surface area contributed by atoms with Gasteiger partial charge in [-0.05, 0) is 26.2 Å². The number of rotatable bonds is 0. The van der Waals surface area contributed by atoms with Crippen LogP contribution in [0.2, 0.25) is 0 Å². The lowest BCUT2D eigenvalue weighted by Gasteiger charge is -2.20. The van der Waals surface area contributed by atoms with Crippen LogP contribution in [-0.4, -0.2) is 29.2 Å². The summed E-state index contributed by atoms with van der Waals surface area (Å²) in [6, 6.07) is 0. The fraction of sp³-hybridized carbons (Fsp3) is 1.00. The number of ether oxygens (including phenoxy) is 2. The Kier molecular flexibility index (Phi) is 1.72. The number of hydrogen-bond donors (Lipinski definition) is 1. The molecule has 2 rings (SSSR count). The molecule has 1 heterocycles. The monoisotopic (exact) mass is 172 g/mol. The molecule has 1 saturated carbocycles. The Bertz CT molecular complexity index is 172. The summed E-state index contributed by atoms with van der Waals surface area (Å²) in [6.45, 7) is 5.88. The van der Waals surface area contributed by atoms with Crippen molar-refractivity contribution in [1.82, 2.24) is 0 Å². The second-order valence-corrected chi connectivity index (χ2v) is 4.35. The van der Waals surface area contributed by atoms with Crippen LogP contribution in [0.4, 0.5) is 0 Å². The minimum atomic E-state index is -0.509. The van der Waals surface area contributed by atoms with E-state index in [-0.39, 0.29) is 18.3 Å². The van der Waals surface area contributed by atoms with Gasteiger partial charge in [0.05, 0.1) is 12.2 Å². The van der Waals surface area contributed by atoms with E-state index >= 15 is 0 Å². The van der Waals surface area contributed by atoms with Gasteiger partial charge in [0.25, 0.3) is 0 Å². The van der Waals surface area contributed by atoms with Crippen molar-refractivity contribution in [2.75, 3.05) is 0 Å². The van der Waals surface area contributed by atoms with E-state index in [9.17, 15) is 5.11 Å². The summed E-state index contributed by atoms with van der Waals surface area (Å²) in [5.41, 5.74) is 0. The van der Waals surface area contributed by atoms with Crippen molar-refractivity contribution in [3.63, 3.8) is 0 Å². The van der Waals surface area contributed by atoms with Gasteiger partial charge in [0, 0.05) is 0 Å². The molecule has 1 saturated heterocycles. The van der Waals surface area contributed by atoms with E-state index in [1.807, 2.05) is 13.8 Å². The average molecular weight is 172 g/mol. The number of aliphatic hydroxyl groups is 1. The number of aliphatic hydroxyl groups excluding tert-OH is 1. The van der Waals surface area contributed by atoms with Gasteiger partial charge in [-0.15, -0.1) is 0 Å². The third kappa shape index (κ3) is 1.16. The summed E-state index contributed by atoms with van der Waals surface area (Å²) < 4.78 is 11.3. The zero-order valence-corrected chi connectivity index (χ0v) is 7.78. The van der Waals surface area contributed by atoms with Crippen LogP contribution < -0.4 is 0 Å². The Hall–Kier alpha value is -0.120. The van der Waals surface area contributed by atoms with Gasteiger partial charge in [-0.1, -0.05) is 6.92 Å². The first-order valence-electron chi connectivity index (χ1n) is 4.53. The van der Waals surface area contributed by atoms with Crippen molar-refractivity contribution < 1.29 is 14.6 Å². The average Bonchev–Trinajstić information content (AvgIpc) is 2.34. The van der Waals surface area contributed by atoms with Crippen LogP contribution in [0.15, 0.2) is 0 Å². The molecule has 0 radical (unpaired) electrons. The Balaban J connectivity index is 2.15. The molecule has 2 fully saturated rings. The van der Waals surface area contributed by atoms with Gasteiger partial charge in [0.1, 0.15) is 6.10 Å². The smallest absolute Gasteiger partial charge is 0.163 e. The predicted octanol–water partition coefficient (Wildman–Crippen LogP) is 0.907. The van der Waals surface area contributed by atoms with E-state index < -0.39 is 5.79 Å². The fourth-order valence-corrected chi connectivity index (χ4v) is 2.20. The van der Waals surface area contributed by atoms with Crippen LogP contribution in [0, 0.1) is 5.92 Å². The normalized spacial score (nSPS) is 51.0. The highest BCUT2D eigenvalue weighted by Gasteiger charge is 2.51. The Morgan fingerprint density at radius 1 is 1.25 bits per heavy atom. The molecule has 0 aromatic heterocycles. The Labute approximate surface area is 72.7 Å². The summed E-state index contributed by atoms with van der Waals surface area (Å²) in [7, 11) is 0. The second kappa shape index (κ2) is 2.44. The minimum Gasteiger partial charge on any atom is -0.390 e. The minimum absolute atomic E-state index is 0.0926. The molecule has 3 nitrogen and oxygen atoms in total. The molecule has 1 aliphatic heterocycles. The van der Waals surface area contributed by atoms with Gasteiger partial charge in [-0.3, -0.25) is 0 Å². The van der Waals surface area contributed by atoms with Crippen LogP contribution >= 0.6 is 0 Å². The molecular formula is C9H16O3. The third-order valence-corrected chi connectivity index (χ3v) is 2.72. The van der Waals surface area contributed by atoms with Crippen molar-refractivity contribution in [3.8, 4) is 0 Å². The van der Waals surface area contributed by atoms with Crippen LogP contribution in [0.1, 0.15) is 27.2 Å². The molecule has 0 aromatic carbocycles. The second-order valence-electron chi connectivity index (χ2n) is 4.35. The highest BCUT2D eigenvalue weighted by molar-refractivity contribution is 4.96. The maximum absolute atomic E-state index is 9.60. The molecule has 0 bridgehead atoms. The molecule has 1 N–H and O–H groups in total. The maximum Gasteiger partial charge on any atom is 0.163 e. The summed E-state index contributed by atoms with van der Waals surface area (Å²) in [4.78, 5) is 0. The van der Waals surface area contributed by atoms with E-state index in [0.29, 0.717) is 5.92 Å². The van der Waals surface area contributed by atoms with Gasteiger partial charge in [-0.25, -0.2) is 0 Å². The van der Waals surface area contributed by atoms with Crippen LogP contribution in [-0.2, 0) is 9.47 Å². The third-order valence-electron chi connectivity index (χ3n) is 2.72. The van der Waals surface area contributed by atoms with E-state index in [4.69, 9.17) is 9.47 Å². The maximum atomic E-state index is 9.60. The van der Waals surface area contributed by atoms with Crippen molar-refractivity contribution in [1.29, 1.82) is 0 Å². The summed E-state index contributed by atoms with van der Waals surface area (Å²) in [5, 5.41) is 9.60. The van der Waals surface area contributed by atoms with Crippen LogP contribution in [0.5, 0.6) is 0 Å². The standard InChI is InChI=1S/C9H16O3/c1-5-4-6(10)8-7(5)11-9(2,3)12-8/h5-8,10H,4H2,1-3H3/t5-,6+,7?,8-/m1/s1. The SMILES string of the molecule is C[C@@H]1C[C@H](O)[C@H]2OC(C)(C)OC12. The first-order valence-corrected chi connectivity index (χ1v) is 4.53. The molecule has 0 spiro atoms. The van der Waals surface area contributed by atoms with E-state index in [2.05, 4.69) is 6.92 Å². The largest absolute Gasteiger partial charge is 0.390 e. The van der Waals surface area contributed by atoms with E-state index in [1.54, 1.807) is 0 Å². The lowest BCUT2D eigenvalue weighted by Crippen LogP contribution is -2.28.